The van der Waals surface area contributed by atoms with Crippen molar-refractivity contribution in [1.82, 2.24) is 14.8 Å². The summed E-state index contributed by atoms with van der Waals surface area (Å²) in [6, 6.07) is 3.09. The number of rotatable bonds is 2. The Kier molecular flexibility index (Phi) is 2.94. The molecule has 0 saturated carbocycles. The van der Waals surface area contributed by atoms with Gasteiger partial charge in [-0.1, -0.05) is 23.2 Å². The van der Waals surface area contributed by atoms with Crippen LogP contribution in [0.4, 0.5) is 0 Å². The van der Waals surface area contributed by atoms with Crippen LogP contribution in [-0.4, -0.2) is 20.5 Å². The fraction of sp³-hybridized carbons (Fsp3) is 0.100. The minimum atomic E-state index is -0.276. The van der Waals surface area contributed by atoms with E-state index in [1.165, 1.54) is 23.1 Å². The molecule has 6 heteroatoms. The molecule has 2 rings (SSSR count). The van der Waals surface area contributed by atoms with Crippen LogP contribution in [0.5, 0.6) is 0 Å². The fourth-order valence-corrected chi connectivity index (χ4v) is 1.77. The predicted octanol–water partition coefficient (Wildman–Crippen LogP) is 2.35. The molecule has 0 aliphatic rings. The third-order valence-corrected chi connectivity index (χ3v) is 2.57. The number of aryl methyl sites for hydroxylation is 1. The van der Waals surface area contributed by atoms with Gasteiger partial charge < -0.3 is 0 Å². The number of nitrogens with zero attached hydrogens (tertiary/aromatic N) is 3. The summed E-state index contributed by atoms with van der Waals surface area (Å²) in [6.07, 6.45) is 2.92. The third-order valence-electron chi connectivity index (χ3n) is 2.08. The van der Waals surface area contributed by atoms with Crippen LogP contribution >= 0.6 is 23.2 Å². The lowest BCUT2D eigenvalue weighted by molar-refractivity contribution is 0.102. The maximum absolute atomic E-state index is 12.0. The van der Waals surface area contributed by atoms with E-state index in [0.717, 1.165) is 0 Å². The molecule has 2 heterocycles. The minimum absolute atomic E-state index is 0.176. The molecule has 82 valence electrons. The van der Waals surface area contributed by atoms with Crippen molar-refractivity contribution in [1.29, 1.82) is 0 Å². The summed E-state index contributed by atoms with van der Waals surface area (Å²) in [5.41, 5.74) is 0.603. The number of ketones is 1. The van der Waals surface area contributed by atoms with E-state index in [-0.39, 0.29) is 16.5 Å². The maximum Gasteiger partial charge on any atom is 0.230 e. The summed E-state index contributed by atoms with van der Waals surface area (Å²) >= 11 is 11.6. The Morgan fingerprint density at radius 1 is 1.44 bits per heavy atom. The Hall–Kier alpha value is -1.39. The van der Waals surface area contributed by atoms with Crippen molar-refractivity contribution in [2.75, 3.05) is 0 Å². The second kappa shape index (κ2) is 4.23. The number of hydrogen-bond acceptors (Lipinski definition) is 3. The van der Waals surface area contributed by atoms with Gasteiger partial charge in [0.05, 0.1) is 10.0 Å². The molecule has 0 aliphatic carbocycles. The highest BCUT2D eigenvalue weighted by Crippen LogP contribution is 2.20. The SMILES string of the molecule is Cn1nccc1C(=O)c1ncc(Cl)cc1Cl. The largest absolute Gasteiger partial charge is 0.285 e. The van der Waals surface area contributed by atoms with Crippen LogP contribution in [0.25, 0.3) is 0 Å². The summed E-state index contributed by atoms with van der Waals surface area (Å²) < 4.78 is 1.47. The summed E-state index contributed by atoms with van der Waals surface area (Å²) in [7, 11) is 1.68. The van der Waals surface area contributed by atoms with Gasteiger partial charge in [-0.15, -0.1) is 0 Å². The molecular formula is C10H7Cl2N3O. The van der Waals surface area contributed by atoms with Crippen molar-refractivity contribution in [2.45, 2.75) is 0 Å². The van der Waals surface area contributed by atoms with E-state index in [0.29, 0.717) is 10.7 Å². The highest BCUT2D eigenvalue weighted by molar-refractivity contribution is 6.37. The van der Waals surface area contributed by atoms with Gasteiger partial charge in [-0.2, -0.15) is 5.10 Å². The van der Waals surface area contributed by atoms with Crippen molar-refractivity contribution >= 4 is 29.0 Å². The van der Waals surface area contributed by atoms with Gasteiger partial charge in [-0.25, -0.2) is 4.98 Å². The molecule has 0 bridgehead atoms. The van der Waals surface area contributed by atoms with E-state index in [2.05, 4.69) is 10.1 Å². The second-order valence-corrected chi connectivity index (χ2v) is 4.00. The van der Waals surface area contributed by atoms with Crippen molar-refractivity contribution in [3.63, 3.8) is 0 Å². The van der Waals surface area contributed by atoms with E-state index in [9.17, 15) is 4.79 Å². The maximum atomic E-state index is 12.0. The van der Waals surface area contributed by atoms with Gasteiger partial charge >= 0.3 is 0 Å². The highest BCUT2D eigenvalue weighted by atomic mass is 35.5. The van der Waals surface area contributed by atoms with Gasteiger partial charge in [0.15, 0.2) is 0 Å². The summed E-state index contributed by atoms with van der Waals surface area (Å²) in [6.45, 7) is 0. The summed E-state index contributed by atoms with van der Waals surface area (Å²) in [4.78, 5) is 15.9. The Labute approximate surface area is 102 Å². The first-order chi connectivity index (χ1) is 7.59. The van der Waals surface area contributed by atoms with Crippen molar-refractivity contribution in [2.24, 2.45) is 7.05 Å². The Morgan fingerprint density at radius 3 is 2.75 bits per heavy atom. The van der Waals surface area contributed by atoms with Gasteiger partial charge in [0.1, 0.15) is 11.4 Å². The number of carbonyl (C=O) groups excluding carboxylic acids is 1. The number of carbonyl (C=O) groups is 1. The van der Waals surface area contributed by atoms with E-state index >= 15 is 0 Å². The number of hydrogen-bond donors (Lipinski definition) is 0. The van der Waals surface area contributed by atoms with Gasteiger partial charge in [-0.05, 0) is 12.1 Å². The molecule has 0 spiro atoms. The molecule has 0 atom stereocenters. The number of pyridine rings is 1. The molecular weight excluding hydrogens is 249 g/mol. The van der Waals surface area contributed by atoms with Crippen LogP contribution < -0.4 is 0 Å². The van der Waals surface area contributed by atoms with Crippen LogP contribution in [-0.2, 0) is 7.05 Å². The smallest absolute Gasteiger partial charge is 0.230 e. The second-order valence-electron chi connectivity index (χ2n) is 3.15. The molecule has 0 amide bonds. The zero-order chi connectivity index (χ0) is 11.7. The standard InChI is InChI=1S/C10H7Cl2N3O/c1-15-8(2-3-14-15)10(16)9-7(12)4-6(11)5-13-9/h2-5H,1H3. The molecule has 0 N–H and O–H groups in total. The molecule has 0 aliphatic heterocycles. The van der Waals surface area contributed by atoms with Crippen LogP contribution in [0.3, 0.4) is 0 Å². The minimum Gasteiger partial charge on any atom is -0.285 e. The monoisotopic (exact) mass is 255 g/mol. The topological polar surface area (TPSA) is 47.8 Å². The molecule has 0 saturated heterocycles. The van der Waals surface area contributed by atoms with Gasteiger partial charge in [-0.3, -0.25) is 9.48 Å². The Balaban J connectivity index is 2.46. The van der Waals surface area contributed by atoms with Crippen LogP contribution in [0, 0.1) is 0 Å². The fourth-order valence-electron chi connectivity index (χ4n) is 1.30. The molecule has 0 fully saturated rings. The first-order valence-electron chi connectivity index (χ1n) is 4.43. The molecule has 4 nitrogen and oxygen atoms in total. The van der Waals surface area contributed by atoms with Gasteiger partial charge in [0, 0.05) is 19.4 Å². The molecule has 0 radical (unpaired) electrons. The zero-order valence-electron chi connectivity index (χ0n) is 8.32. The Bertz CT molecular complexity index is 551. The van der Waals surface area contributed by atoms with Crippen LogP contribution in [0.1, 0.15) is 16.2 Å². The predicted molar refractivity (Wildman–Crippen MR) is 60.9 cm³/mol. The molecule has 16 heavy (non-hydrogen) atoms. The normalized spacial score (nSPS) is 10.4. The van der Waals surface area contributed by atoms with Crippen molar-refractivity contribution in [3.8, 4) is 0 Å². The van der Waals surface area contributed by atoms with E-state index < -0.39 is 0 Å². The van der Waals surface area contributed by atoms with Crippen molar-refractivity contribution < 1.29 is 4.79 Å². The first kappa shape index (κ1) is 11.1. The molecule has 0 aromatic carbocycles. The van der Waals surface area contributed by atoms with Gasteiger partial charge in [0.25, 0.3) is 0 Å². The van der Waals surface area contributed by atoms with Crippen LogP contribution in [0.2, 0.25) is 10.0 Å². The van der Waals surface area contributed by atoms with E-state index in [1.807, 2.05) is 0 Å². The van der Waals surface area contributed by atoms with Gasteiger partial charge in [0.2, 0.25) is 5.78 Å². The summed E-state index contributed by atoms with van der Waals surface area (Å²) in [5.74, 6) is -0.276. The average molecular weight is 256 g/mol. The summed E-state index contributed by atoms with van der Waals surface area (Å²) in [5, 5.41) is 4.54. The lowest BCUT2D eigenvalue weighted by Gasteiger charge is -2.03. The number of halogens is 2. The molecule has 2 aromatic heterocycles. The van der Waals surface area contributed by atoms with E-state index in [1.54, 1.807) is 13.1 Å². The molecule has 0 unspecified atom stereocenters. The Morgan fingerprint density at radius 2 is 2.19 bits per heavy atom. The third kappa shape index (κ3) is 1.94. The average Bonchev–Trinajstić information content (AvgIpc) is 2.63. The first-order valence-corrected chi connectivity index (χ1v) is 5.19. The number of aromatic nitrogens is 3. The van der Waals surface area contributed by atoms with Crippen LogP contribution in [0.15, 0.2) is 24.5 Å². The van der Waals surface area contributed by atoms with Crippen molar-refractivity contribution in [3.05, 3.63) is 46.0 Å². The quantitative estimate of drug-likeness (QED) is 0.775. The zero-order valence-corrected chi connectivity index (χ0v) is 9.83. The highest BCUT2D eigenvalue weighted by Gasteiger charge is 2.17. The molecule has 2 aromatic rings. The van der Waals surface area contributed by atoms with E-state index in [4.69, 9.17) is 23.2 Å². The lowest BCUT2D eigenvalue weighted by atomic mass is 10.2. The lowest BCUT2D eigenvalue weighted by Crippen LogP contribution is -2.10.